The van der Waals surface area contributed by atoms with Crippen LogP contribution in [0.4, 0.5) is 0 Å². The summed E-state index contributed by atoms with van der Waals surface area (Å²) in [5, 5.41) is 0. The predicted molar refractivity (Wildman–Crippen MR) is 126 cm³/mol. The van der Waals surface area contributed by atoms with Crippen molar-refractivity contribution in [1.82, 2.24) is 14.7 Å². The zero-order chi connectivity index (χ0) is 21.0. The Kier molecular flexibility index (Phi) is 12.9. The first-order valence-corrected chi connectivity index (χ1v) is 12.4. The molecule has 168 valence electrons. The van der Waals surface area contributed by atoms with Gasteiger partial charge in [0, 0.05) is 17.6 Å². The topological polar surface area (TPSA) is 9.72 Å². The van der Waals surface area contributed by atoms with Gasteiger partial charge in [-0.15, -0.1) is 0 Å². The van der Waals surface area contributed by atoms with Gasteiger partial charge in [0.05, 0.1) is 0 Å². The smallest absolute Gasteiger partial charge is 0.0125 e. The van der Waals surface area contributed by atoms with Crippen molar-refractivity contribution in [2.45, 2.75) is 124 Å². The molecule has 0 radical (unpaired) electrons. The van der Waals surface area contributed by atoms with Crippen molar-refractivity contribution < 1.29 is 0 Å². The standard InChI is InChI=1S/C9H19N.2C8H17N/c1-9(2,3)10-7-5-4-6-8-10;2*1-8(2)9-6-4-3-5-7-9/h4-8H2,1-3H3;2*8H,3-7H2,1-2H3. The van der Waals surface area contributed by atoms with E-state index in [-0.39, 0.29) is 0 Å². The fourth-order valence-electron chi connectivity index (χ4n) is 4.43. The molecule has 3 heterocycles. The van der Waals surface area contributed by atoms with Gasteiger partial charge in [-0.05, 0) is 126 Å². The molecule has 0 spiro atoms. The van der Waals surface area contributed by atoms with E-state index in [4.69, 9.17) is 0 Å². The van der Waals surface area contributed by atoms with E-state index in [2.05, 4.69) is 63.2 Å². The van der Waals surface area contributed by atoms with Crippen molar-refractivity contribution in [3.05, 3.63) is 0 Å². The minimum atomic E-state index is 0.403. The van der Waals surface area contributed by atoms with Crippen molar-refractivity contribution in [1.29, 1.82) is 0 Å². The maximum Gasteiger partial charge on any atom is 0.0125 e. The van der Waals surface area contributed by atoms with Gasteiger partial charge in [0.1, 0.15) is 0 Å². The Hall–Kier alpha value is -0.120. The SMILES string of the molecule is CC(C)(C)N1CCCCC1.CC(C)N1CCCCC1.CC(C)N1CCCCC1. The van der Waals surface area contributed by atoms with Crippen molar-refractivity contribution in [3.8, 4) is 0 Å². The van der Waals surface area contributed by atoms with Crippen LogP contribution in [0.25, 0.3) is 0 Å². The first kappa shape index (κ1) is 25.9. The maximum atomic E-state index is 2.58. The molecule has 3 heteroatoms. The monoisotopic (exact) mass is 395 g/mol. The molecule has 3 saturated heterocycles. The number of hydrogen-bond donors (Lipinski definition) is 0. The highest BCUT2D eigenvalue weighted by Crippen LogP contribution is 2.19. The van der Waals surface area contributed by atoms with Crippen LogP contribution in [0.2, 0.25) is 0 Å². The second-order valence-electron chi connectivity index (χ2n) is 10.6. The minimum Gasteiger partial charge on any atom is -0.301 e. The summed E-state index contributed by atoms with van der Waals surface area (Å²) in [7, 11) is 0. The molecular formula is C25H53N3. The fourth-order valence-corrected chi connectivity index (χ4v) is 4.43. The van der Waals surface area contributed by atoms with Crippen LogP contribution < -0.4 is 0 Å². The number of likely N-dealkylation sites (tertiary alicyclic amines) is 3. The van der Waals surface area contributed by atoms with Crippen LogP contribution in [-0.4, -0.2) is 71.6 Å². The van der Waals surface area contributed by atoms with Crippen LogP contribution in [0.5, 0.6) is 0 Å². The lowest BCUT2D eigenvalue weighted by Crippen LogP contribution is -2.44. The molecule has 3 nitrogen and oxygen atoms in total. The van der Waals surface area contributed by atoms with Crippen LogP contribution in [0.3, 0.4) is 0 Å². The van der Waals surface area contributed by atoms with Gasteiger partial charge < -0.3 is 9.80 Å². The van der Waals surface area contributed by atoms with Gasteiger partial charge in [0.25, 0.3) is 0 Å². The van der Waals surface area contributed by atoms with Crippen LogP contribution >= 0.6 is 0 Å². The highest BCUT2D eigenvalue weighted by atomic mass is 15.2. The zero-order valence-electron chi connectivity index (χ0n) is 20.6. The summed E-state index contributed by atoms with van der Waals surface area (Å²) in [5.41, 5.74) is 0.403. The quantitative estimate of drug-likeness (QED) is 0.565. The van der Waals surface area contributed by atoms with Crippen LogP contribution in [0.1, 0.15) is 106 Å². The lowest BCUT2D eigenvalue weighted by atomic mass is 10.0. The Morgan fingerprint density at radius 2 is 0.750 bits per heavy atom. The van der Waals surface area contributed by atoms with Crippen molar-refractivity contribution in [3.63, 3.8) is 0 Å². The summed E-state index contributed by atoms with van der Waals surface area (Å²) < 4.78 is 0. The number of hydrogen-bond acceptors (Lipinski definition) is 3. The van der Waals surface area contributed by atoms with Crippen LogP contribution in [0.15, 0.2) is 0 Å². The number of piperidine rings is 3. The molecule has 0 saturated carbocycles. The summed E-state index contributed by atoms with van der Waals surface area (Å²) in [6.07, 6.45) is 12.8. The lowest BCUT2D eigenvalue weighted by Gasteiger charge is -2.38. The second kappa shape index (κ2) is 14.0. The third kappa shape index (κ3) is 11.2. The zero-order valence-corrected chi connectivity index (χ0v) is 20.6. The minimum absolute atomic E-state index is 0.403. The molecule has 0 atom stereocenters. The van der Waals surface area contributed by atoms with Gasteiger partial charge in [0.15, 0.2) is 0 Å². The third-order valence-corrected chi connectivity index (χ3v) is 6.55. The molecule has 0 unspecified atom stereocenters. The summed E-state index contributed by atoms with van der Waals surface area (Å²) >= 11 is 0. The fraction of sp³-hybridized carbons (Fsp3) is 1.00. The van der Waals surface area contributed by atoms with Gasteiger partial charge in [-0.1, -0.05) is 19.3 Å². The van der Waals surface area contributed by atoms with E-state index in [9.17, 15) is 0 Å². The van der Waals surface area contributed by atoms with E-state index in [1.54, 1.807) is 0 Å². The molecule has 0 amide bonds. The average molecular weight is 396 g/mol. The number of nitrogens with zero attached hydrogens (tertiary/aromatic N) is 3. The normalized spacial score (nSPS) is 23.0. The van der Waals surface area contributed by atoms with Gasteiger partial charge in [-0.2, -0.15) is 0 Å². The van der Waals surface area contributed by atoms with E-state index in [1.807, 2.05) is 0 Å². The van der Waals surface area contributed by atoms with Crippen LogP contribution in [0, 0.1) is 0 Å². The lowest BCUT2D eigenvalue weighted by molar-refractivity contribution is 0.111. The molecule has 0 N–H and O–H groups in total. The summed E-state index contributed by atoms with van der Waals surface area (Å²) in [6.45, 7) is 24.0. The van der Waals surface area contributed by atoms with Gasteiger partial charge in [0.2, 0.25) is 0 Å². The van der Waals surface area contributed by atoms with E-state index < -0.39 is 0 Å². The van der Waals surface area contributed by atoms with E-state index in [0.717, 1.165) is 12.1 Å². The Balaban J connectivity index is 0.000000210. The highest BCUT2D eigenvalue weighted by Gasteiger charge is 2.22. The predicted octanol–water partition coefficient (Wildman–Crippen LogP) is 6.03. The highest BCUT2D eigenvalue weighted by molar-refractivity contribution is 4.78. The Bertz CT molecular complexity index is 332. The Morgan fingerprint density at radius 1 is 0.464 bits per heavy atom. The molecule has 28 heavy (non-hydrogen) atoms. The van der Waals surface area contributed by atoms with Crippen molar-refractivity contribution in [2.75, 3.05) is 39.3 Å². The molecule has 0 aromatic rings. The summed E-state index contributed by atoms with van der Waals surface area (Å²) in [6, 6.07) is 1.54. The maximum absolute atomic E-state index is 2.58. The molecule has 3 aliphatic heterocycles. The molecule has 0 aromatic heterocycles. The molecule has 0 aliphatic carbocycles. The second-order valence-corrected chi connectivity index (χ2v) is 10.6. The van der Waals surface area contributed by atoms with Crippen molar-refractivity contribution >= 4 is 0 Å². The first-order chi connectivity index (χ1) is 13.2. The van der Waals surface area contributed by atoms with Gasteiger partial charge in [-0.3, -0.25) is 4.90 Å². The van der Waals surface area contributed by atoms with E-state index >= 15 is 0 Å². The molecule has 3 aliphatic rings. The molecule has 3 fully saturated rings. The molecular weight excluding hydrogens is 342 g/mol. The molecule has 0 bridgehead atoms. The molecule has 0 aromatic carbocycles. The Morgan fingerprint density at radius 3 is 0.929 bits per heavy atom. The number of rotatable bonds is 2. The van der Waals surface area contributed by atoms with E-state index in [0.29, 0.717) is 5.54 Å². The largest absolute Gasteiger partial charge is 0.301 e. The van der Waals surface area contributed by atoms with Gasteiger partial charge >= 0.3 is 0 Å². The average Bonchev–Trinajstić information content (AvgIpc) is 2.70. The first-order valence-electron chi connectivity index (χ1n) is 12.4. The van der Waals surface area contributed by atoms with E-state index in [1.165, 1.54) is 97.1 Å². The van der Waals surface area contributed by atoms with Gasteiger partial charge in [-0.25, -0.2) is 0 Å². The Labute approximate surface area is 178 Å². The molecule has 3 rings (SSSR count). The van der Waals surface area contributed by atoms with Crippen LogP contribution in [-0.2, 0) is 0 Å². The third-order valence-electron chi connectivity index (χ3n) is 6.55. The van der Waals surface area contributed by atoms with Crippen molar-refractivity contribution in [2.24, 2.45) is 0 Å². The summed E-state index contributed by atoms with van der Waals surface area (Å²) in [4.78, 5) is 7.70. The summed E-state index contributed by atoms with van der Waals surface area (Å²) in [5.74, 6) is 0.